The number of carbonyl (C=O) groups is 1. The van der Waals surface area contributed by atoms with E-state index in [1.54, 1.807) is 0 Å². The Balaban J connectivity index is 4.24. The molecule has 0 spiro atoms. The number of phosphoric acid groups is 1. The number of rotatable bonds is 41. The van der Waals surface area contributed by atoms with Crippen molar-refractivity contribution in [2.75, 3.05) is 33.0 Å². The fraction of sp³-hybridized carbons (Fsp3) is 0.646. The third kappa shape index (κ3) is 43.0. The summed E-state index contributed by atoms with van der Waals surface area (Å²) in [4.78, 5) is 22.6. The predicted octanol–water partition coefficient (Wildman–Crippen LogP) is 12.5. The summed E-state index contributed by atoms with van der Waals surface area (Å²) in [7, 11) is -4.54. The second-order valence-corrected chi connectivity index (χ2v) is 15.8. The van der Waals surface area contributed by atoms with Gasteiger partial charge in [-0.3, -0.25) is 13.8 Å². The topological polar surface area (TPSA) is 132 Å². The second kappa shape index (κ2) is 43.9. The van der Waals surface area contributed by atoms with Gasteiger partial charge in [0, 0.05) is 13.0 Å². The fourth-order valence-electron chi connectivity index (χ4n) is 5.45. The number of aliphatic hydroxyl groups excluding tert-OH is 2. The lowest BCUT2D eigenvalue weighted by Crippen LogP contribution is -2.29. The highest BCUT2D eigenvalue weighted by Crippen LogP contribution is 2.43. The molecule has 0 saturated heterocycles. The molecule has 0 aromatic rings. The van der Waals surface area contributed by atoms with Crippen molar-refractivity contribution in [2.45, 2.75) is 167 Å². The van der Waals surface area contributed by atoms with Crippen molar-refractivity contribution in [3.05, 3.63) is 97.2 Å². The maximum absolute atomic E-state index is 12.6. The number of unbranched alkanes of at least 4 members (excludes halogenated alkanes) is 11. The number of phosphoric ester groups is 1. The van der Waals surface area contributed by atoms with Crippen LogP contribution < -0.4 is 0 Å². The Labute approximate surface area is 353 Å². The first-order chi connectivity index (χ1) is 28.3. The molecule has 332 valence electrons. The van der Waals surface area contributed by atoms with Gasteiger partial charge in [0.25, 0.3) is 0 Å². The van der Waals surface area contributed by atoms with Crippen LogP contribution in [0.1, 0.15) is 155 Å². The lowest BCUT2D eigenvalue weighted by molar-refractivity contribution is -0.154. The Bertz CT molecular complexity index is 1220. The smallest absolute Gasteiger partial charge is 0.457 e. The molecule has 3 unspecified atom stereocenters. The molecule has 3 N–H and O–H groups in total. The van der Waals surface area contributed by atoms with Crippen molar-refractivity contribution in [2.24, 2.45) is 0 Å². The number of ether oxygens (including phenoxy) is 2. The molecule has 0 aliphatic carbocycles. The monoisotopic (exact) mass is 833 g/mol. The molecule has 0 radical (unpaired) electrons. The summed E-state index contributed by atoms with van der Waals surface area (Å²) in [5.41, 5.74) is 0. The van der Waals surface area contributed by atoms with E-state index < -0.39 is 45.8 Å². The van der Waals surface area contributed by atoms with Crippen LogP contribution in [0.2, 0.25) is 0 Å². The number of esters is 1. The second-order valence-electron chi connectivity index (χ2n) is 14.3. The van der Waals surface area contributed by atoms with Gasteiger partial charge in [-0.2, -0.15) is 0 Å². The molecule has 0 amide bonds. The highest BCUT2D eigenvalue weighted by Gasteiger charge is 2.26. The molecular weight excluding hydrogens is 751 g/mol. The van der Waals surface area contributed by atoms with Crippen LogP contribution in [-0.4, -0.2) is 66.3 Å². The zero-order chi connectivity index (χ0) is 42.5. The minimum absolute atomic E-state index is 0.0180. The van der Waals surface area contributed by atoms with Gasteiger partial charge in [0.1, 0.15) is 12.2 Å². The molecule has 0 aliphatic rings. The average Bonchev–Trinajstić information content (AvgIpc) is 3.21. The van der Waals surface area contributed by atoms with Crippen LogP contribution in [-0.2, 0) is 27.9 Å². The van der Waals surface area contributed by atoms with E-state index >= 15 is 0 Å². The quantitative estimate of drug-likeness (QED) is 0.0238. The van der Waals surface area contributed by atoms with Gasteiger partial charge in [0.05, 0.1) is 26.4 Å². The SMILES string of the molecule is CC/C=C\C/C=C\C/C=C\C/C=C\CCCCCCCCCCC(=O)OC(COCCCCC/C=C\C/C=C\C/C=C\C/C=C\CC)COP(=O)(O)OCC(O)CO. The molecule has 0 aromatic heterocycles. The average molecular weight is 833 g/mol. The third-order valence-corrected chi connectivity index (χ3v) is 9.72. The van der Waals surface area contributed by atoms with Crippen molar-refractivity contribution in [1.29, 1.82) is 0 Å². The van der Waals surface area contributed by atoms with Crippen molar-refractivity contribution in [3.63, 3.8) is 0 Å². The van der Waals surface area contributed by atoms with E-state index in [4.69, 9.17) is 23.6 Å². The summed E-state index contributed by atoms with van der Waals surface area (Å²) in [5, 5.41) is 18.4. The summed E-state index contributed by atoms with van der Waals surface area (Å²) in [6, 6.07) is 0. The van der Waals surface area contributed by atoms with Crippen LogP contribution in [0.5, 0.6) is 0 Å². The Morgan fingerprint density at radius 2 is 0.931 bits per heavy atom. The lowest BCUT2D eigenvalue weighted by atomic mass is 10.1. The highest BCUT2D eigenvalue weighted by molar-refractivity contribution is 7.47. The molecule has 58 heavy (non-hydrogen) atoms. The maximum atomic E-state index is 12.6. The Hall–Kier alpha value is -2.62. The molecule has 0 bridgehead atoms. The van der Waals surface area contributed by atoms with Gasteiger partial charge >= 0.3 is 13.8 Å². The Kier molecular flexibility index (Phi) is 42.0. The number of allylic oxidation sites excluding steroid dienone is 16. The fourth-order valence-corrected chi connectivity index (χ4v) is 6.24. The van der Waals surface area contributed by atoms with Crippen LogP contribution in [0.3, 0.4) is 0 Å². The molecule has 0 aromatic carbocycles. The predicted molar refractivity (Wildman–Crippen MR) is 242 cm³/mol. The van der Waals surface area contributed by atoms with E-state index in [1.807, 2.05) is 0 Å². The Morgan fingerprint density at radius 1 is 0.534 bits per heavy atom. The molecule has 10 heteroatoms. The van der Waals surface area contributed by atoms with Crippen LogP contribution in [0.4, 0.5) is 0 Å². The number of hydrogen-bond donors (Lipinski definition) is 3. The third-order valence-electron chi connectivity index (χ3n) is 8.77. The standard InChI is InChI=1S/C48H81O9P/c1-3-5-7-9-11-13-15-17-19-21-22-23-24-25-26-28-30-32-34-36-38-40-48(51)57-47(45-56-58(52,53)55-43-46(50)42-49)44-54-41-39-37-35-33-31-29-27-20-18-16-14-12-10-8-6-4-2/h5-8,11-14,17-20,22-23,29,31,46-47,49-50H,3-4,9-10,15-16,21,24-28,30,32-45H2,1-2H3,(H,52,53)/b7-5-,8-6-,13-11-,14-12-,19-17-,20-18-,23-22-,31-29-. The molecule has 0 rings (SSSR count). The van der Waals surface area contributed by atoms with E-state index in [-0.39, 0.29) is 13.0 Å². The van der Waals surface area contributed by atoms with Gasteiger partial charge in [-0.1, -0.05) is 156 Å². The van der Waals surface area contributed by atoms with Gasteiger partial charge in [0.15, 0.2) is 0 Å². The largest absolute Gasteiger partial charge is 0.472 e. The summed E-state index contributed by atoms with van der Waals surface area (Å²) in [5.74, 6) is -0.407. The molecular formula is C48H81O9P. The number of hydrogen-bond acceptors (Lipinski definition) is 8. The van der Waals surface area contributed by atoms with Crippen LogP contribution in [0, 0.1) is 0 Å². The lowest BCUT2D eigenvalue weighted by Gasteiger charge is -2.20. The normalized spacial score (nSPS) is 14.9. The maximum Gasteiger partial charge on any atom is 0.472 e. The van der Waals surface area contributed by atoms with E-state index in [1.165, 1.54) is 25.7 Å². The van der Waals surface area contributed by atoms with Gasteiger partial charge in [-0.25, -0.2) is 4.57 Å². The van der Waals surface area contributed by atoms with Gasteiger partial charge < -0.3 is 24.6 Å². The summed E-state index contributed by atoms with van der Waals surface area (Å²) in [6.45, 7) is 3.17. The van der Waals surface area contributed by atoms with Gasteiger partial charge in [0.2, 0.25) is 0 Å². The highest BCUT2D eigenvalue weighted by atomic mass is 31.2. The molecule has 0 fully saturated rings. The van der Waals surface area contributed by atoms with E-state index in [2.05, 4.69) is 111 Å². The first kappa shape index (κ1) is 55.4. The first-order valence-corrected chi connectivity index (χ1v) is 23.7. The zero-order valence-electron chi connectivity index (χ0n) is 36.2. The van der Waals surface area contributed by atoms with Gasteiger partial charge in [-0.05, 0) is 89.9 Å². The minimum Gasteiger partial charge on any atom is -0.457 e. The number of carbonyl (C=O) groups excluding carboxylic acids is 1. The van der Waals surface area contributed by atoms with Crippen LogP contribution >= 0.6 is 7.82 Å². The minimum atomic E-state index is -4.54. The van der Waals surface area contributed by atoms with Crippen molar-refractivity contribution in [3.8, 4) is 0 Å². The van der Waals surface area contributed by atoms with Crippen molar-refractivity contribution >= 4 is 13.8 Å². The van der Waals surface area contributed by atoms with Crippen LogP contribution in [0.15, 0.2) is 97.2 Å². The van der Waals surface area contributed by atoms with Crippen LogP contribution in [0.25, 0.3) is 0 Å². The van der Waals surface area contributed by atoms with Gasteiger partial charge in [-0.15, -0.1) is 0 Å². The summed E-state index contributed by atoms with van der Waals surface area (Å²) >= 11 is 0. The zero-order valence-corrected chi connectivity index (χ0v) is 37.1. The van der Waals surface area contributed by atoms with E-state index in [0.29, 0.717) is 13.0 Å². The molecule has 0 saturated carbocycles. The summed E-state index contributed by atoms with van der Waals surface area (Å²) in [6.07, 6.45) is 55.1. The Morgan fingerprint density at radius 3 is 1.40 bits per heavy atom. The molecule has 0 aliphatic heterocycles. The van der Waals surface area contributed by atoms with E-state index in [9.17, 15) is 19.4 Å². The van der Waals surface area contributed by atoms with Crippen molar-refractivity contribution < 1.29 is 43.0 Å². The molecule has 9 nitrogen and oxygen atoms in total. The number of aliphatic hydroxyl groups is 2. The molecule has 0 heterocycles. The summed E-state index contributed by atoms with van der Waals surface area (Å²) < 4.78 is 33.3. The van der Waals surface area contributed by atoms with E-state index in [0.717, 1.165) is 103 Å². The molecule has 3 atom stereocenters. The first-order valence-electron chi connectivity index (χ1n) is 22.2. The van der Waals surface area contributed by atoms with Crippen molar-refractivity contribution in [1.82, 2.24) is 0 Å².